The van der Waals surface area contributed by atoms with E-state index in [9.17, 15) is 17.6 Å². The van der Waals surface area contributed by atoms with Gasteiger partial charge in [0.05, 0.1) is 17.1 Å². The van der Waals surface area contributed by atoms with Crippen molar-refractivity contribution in [2.75, 3.05) is 37.8 Å². The molecule has 2 aromatic rings. The molecule has 0 atom stereocenters. The van der Waals surface area contributed by atoms with Crippen molar-refractivity contribution in [2.45, 2.75) is 25.0 Å². The highest BCUT2D eigenvalue weighted by Crippen LogP contribution is 2.25. The number of carbonyl (C=O) groups is 1. The number of halogens is 1. The molecular weight excluding hydrogens is 425 g/mol. The number of urea groups is 1. The Labute approximate surface area is 181 Å². The fraction of sp³-hybridized carbons (Fsp3) is 0.400. The highest BCUT2D eigenvalue weighted by atomic mass is 32.2. The monoisotopic (exact) mass is 451 g/mol. The van der Waals surface area contributed by atoms with Gasteiger partial charge in [0, 0.05) is 50.7 Å². The summed E-state index contributed by atoms with van der Waals surface area (Å²) in [7, 11) is -0.282. The van der Waals surface area contributed by atoms with Crippen LogP contribution >= 0.6 is 0 Å². The van der Waals surface area contributed by atoms with Crippen LogP contribution in [0.2, 0.25) is 0 Å². The van der Waals surface area contributed by atoms with Crippen molar-refractivity contribution in [3.8, 4) is 5.75 Å². The number of carbonyl (C=O) groups excluding carboxylic acids is 1. The zero-order chi connectivity index (χ0) is 22.6. The molecule has 0 saturated carbocycles. The van der Waals surface area contributed by atoms with Crippen LogP contribution in [0.4, 0.5) is 20.6 Å². The lowest BCUT2D eigenvalue weighted by atomic mass is 10.1. The number of rotatable bonds is 6. The summed E-state index contributed by atoms with van der Waals surface area (Å²) in [5, 5.41) is 6.31. The molecule has 31 heavy (non-hydrogen) atoms. The molecule has 1 aromatic heterocycles. The second-order valence-corrected chi connectivity index (χ2v) is 9.92. The molecule has 9 nitrogen and oxygen atoms in total. The van der Waals surface area contributed by atoms with Gasteiger partial charge in [-0.05, 0) is 38.0 Å². The first-order valence-electron chi connectivity index (χ1n) is 9.79. The van der Waals surface area contributed by atoms with Gasteiger partial charge in [-0.3, -0.25) is 4.98 Å². The van der Waals surface area contributed by atoms with Gasteiger partial charge in [-0.1, -0.05) is 0 Å². The molecule has 1 aliphatic heterocycles. The molecule has 0 spiro atoms. The zero-order valence-corrected chi connectivity index (χ0v) is 18.4. The average Bonchev–Trinajstić information content (AvgIpc) is 2.69. The number of piperidine rings is 1. The van der Waals surface area contributed by atoms with E-state index in [-0.39, 0.29) is 11.4 Å². The predicted octanol–water partition coefficient (Wildman–Crippen LogP) is 2.82. The van der Waals surface area contributed by atoms with Gasteiger partial charge in [-0.2, -0.15) is 0 Å². The highest BCUT2D eigenvalue weighted by Gasteiger charge is 2.32. The number of hydroxylamine groups is 2. The minimum Gasteiger partial charge on any atom is -0.406 e. The number of amides is 2. The Balaban J connectivity index is 1.58. The number of nitrogens with zero attached hydrogens (tertiary/aromatic N) is 3. The van der Waals surface area contributed by atoms with E-state index in [4.69, 9.17) is 4.84 Å². The molecule has 168 valence electrons. The van der Waals surface area contributed by atoms with E-state index in [0.29, 0.717) is 31.6 Å². The number of aryl methyl sites for hydroxylation is 1. The maximum atomic E-state index is 14.0. The van der Waals surface area contributed by atoms with E-state index in [1.165, 1.54) is 42.8 Å². The Morgan fingerprint density at radius 2 is 1.84 bits per heavy atom. The van der Waals surface area contributed by atoms with Crippen molar-refractivity contribution >= 4 is 27.4 Å². The van der Waals surface area contributed by atoms with Crippen LogP contribution in [-0.2, 0) is 10.0 Å². The average molecular weight is 452 g/mol. The Hall–Kier alpha value is -2.76. The van der Waals surface area contributed by atoms with E-state index in [0.717, 1.165) is 5.69 Å². The summed E-state index contributed by atoms with van der Waals surface area (Å²) in [4.78, 5) is 22.0. The van der Waals surface area contributed by atoms with E-state index >= 15 is 0 Å². The van der Waals surface area contributed by atoms with Crippen LogP contribution in [0, 0.1) is 12.7 Å². The normalized spacial score (nSPS) is 15.6. The minimum atomic E-state index is -3.32. The molecule has 0 aliphatic carbocycles. The van der Waals surface area contributed by atoms with Crippen LogP contribution < -0.4 is 15.5 Å². The van der Waals surface area contributed by atoms with Crippen molar-refractivity contribution in [1.82, 2.24) is 14.4 Å². The molecule has 0 unspecified atom stereocenters. The van der Waals surface area contributed by atoms with Gasteiger partial charge in [0.15, 0.2) is 5.75 Å². The molecule has 0 radical (unpaired) electrons. The molecule has 3 rings (SSSR count). The first kappa shape index (κ1) is 22.9. The van der Waals surface area contributed by atoms with E-state index in [2.05, 4.69) is 15.6 Å². The number of benzene rings is 1. The van der Waals surface area contributed by atoms with Gasteiger partial charge in [0.1, 0.15) is 5.82 Å². The molecule has 1 fully saturated rings. The van der Waals surface area contributed by atoms with Crippen LogP contribution in [0.3, 0.4) is 0 Å². The highest BCUT2D eigenvalue weighted by molar-refractivity contribution is 7.89. The van der Waals surface area contributed by atoms with Crippen molar-refractivity contribution in [2.24, 2.45) is 0 Å². The summed E-state index contributed by atoms with van der Waals surface area (Å²) in [5.74, 6) is -0.365. The molecule has 2 heterocycles. The molecule has 1 saturated heterocycles. The van der Waals surface area contributed by atoms with Crippen LogP contribution in [0.15, 0.2) is 36.5 Å². The molecule has 1 aromatic carbocycles. The van der Waals surface area contributed by atoms with Gasteiger partial charge in [-0.15, -0.1) is 5.06 Å². The van der Waals surface area contributed by atoms with Gasteiger partial charge < -0.3 is 15.5 Å². The lowest BCUT2D eigenvalue weighted by Gasteiger charge is -2.32. The van der Waals surface area contributed by atoms with Crippen LogP contribution in [0.25, 0.3) is 0 Å². The molecule has 2 N–H and O–H groups in total. The Morgan fingerprint density at radius 3 is 2.45 bits per heavy atom. The number of pyridine rings is 1. The maximum Gasteiger partial charge on any atom is 0.323 e. The molecular formula is C20H26FN5O4S. The first-order chi connectivity index (χ1) is 14.6. The largest absolute Gasteiger partial charge is 0.406 e. The summed E-state index contributed by atoms with van der Waals surface area (Å²) < 4.78 is 39.8. The topological polar surface area (TPSA) is 104 Å². The number of aromatic nitrogens is 1. The third-order valence-electron chi connectivity index (χ3n) is 4.86. The van der Waals surface area contributed by atoms with Crippen LogP contribution in [0.1, 0.15) is 18.5 Å². The first-order valence-corrected chi connectivity index (χ1v) is 11.3. The van der Waals surface area contributed by atoms with Gasteiger partial charge in [-0.25, -0.2) is 21.9 Å². The number of sulfonamides is 1. The number of hydrogen-bond acceptors (Lipinski definition) is 6. The van der Waals surface area contributed by atoms with E-state index < -0.39 is 27.1 Å². The molecule has 1 aliphatic rings. The molecule has 2 amide bonds. The quantitative estimate of drug-likeness (QED) is 0.700. The predicted molar refractivity (Wildman–Crippen MR) is 116 cm³/mol. The fourth-order valence-electron chi connectivity index (χ4n) is 3.19. The fourth-order valence-corrected chi connectivity index (χ4v) is 4.59. The molecule has 0 bridgehead atoms. The Morgan fingerprint density at radius 1 is 1.16 bits per heavy atom. The minimum absolute atomic E-state index is 0.209. The smallest absolute Gasteiger partial charge is 0.323 e. The van der Waals surface area contributed by atoms with Crippen molar-refractivity contribution in [3.05, 3.63) is 48.0 Å². The van der Waals surface area contributed by atoms with E-state index in [1.807, 2.05) is 6.92 Å². The summed E-state index contributed by atoms with van der Waals surface area (Å²) in [5.41, 5.74) is 1.55. The lowest BCUT2D eigenvalue weighted by Crippen LogP contribution is -2.44. The maximum absolute atomic E-state index is 14.0. The van der Waals surface area contributed by atoms with Crippen molar-refractivity contribution in [3.63, 3.8) is 0 Å². The number of nitrogens with one attached hydrogen (secondary N) is 2. The van der Waals surface area contributed by atoms with Gasteiger partial charge in [0.25, 0.3) is 0 Å². The van der Waals surface area contributed by atoms with Crippen LogP contribution in [0.5, 0.6) is 5.75 Å². The summed E-state index contributed by atoms with van der Waals surface area (Å²) in [6.45, 7) is 2.61. The van der Waals surface area contributed by atoms with Gasteiger partial charge in [0.2, 0.25) is 10.0 Å². The van der Waals surface area contributed by atoms with Crippen LogP contribution in [-0.4, -0.2) is 61.2 Å². The molecule has 11 heteroatoms. The lowest BCUT2D eigenvalue weighted by molar-refractivity contribution is -0.0715. The number of hydrogen-bond donors (Lipinski definition) is 2. The van der Waals surface area contributed by atoms with Crippen molar-refractivity contribution < 1.29 is 22.4 Å². The summed E-state index contributed by atoms with van der Waals surface area (Å²) in [6, 6.07) is 6.81. The van der Waals surface area contributed by atoms with Gasteiger partial charge >= 0.3 is 6.03 Å². The Bertz CT molecular complexity index is 1020. The SMILES string of the molecule is Cc1ccc(NC(=O)Nc2cc(F)cc(ON3CCC(S(=O)(=O)N(C)C)CC3)c2)cn1. The van der Waals surface area contributed by atoms with E-state index in [1.54, 1.807) is 17.2 Å². The van der Waals surface area contributed by atoms with Crippen molar-refractivity contribution in [1.29, 1.82) is 0 Å². The standard InChI is InChI=1S/C20H26FN5O4S/c1-14-4-5-16(13-22-14)23-20(27)24-17-10-15(21)11-18(12-17)30-26-8-6-19(7-9-26)31(28,29)25(2)3/h4-5,10-13,19H,6-9H2,1-3H3,(H2,23,24,27). The summed E-state index contributed by atoms with van der Waals surface area (Å²) in [6.07, 6.45) is 2.34. The third-order valence-corrected chi connectivity index (χ3v) is 7.20. The second kappa shape index (κ2) is 9.58. The third kappa shape index (κ3) is 6.12. The zero-order valence-electron chi connectivity index (χ0n) is 17.6. The second-order valence-electron chi connectivity index (χ2n) is 7.49. The Kier molecular flexibility index (Phi) is 7.08. The summed E-state index contributed by atoms with van der Waals surface area (Å²) >= 11 is 0. The number of anilines is 2.